The Morgan fingerprint density at radius 2 is 2.17 bits per heavy atom. The van der Waals surface area contributed by atoms with Gasteiger partial charge >= 0.3 is 0 Å². The summed E-state index contributed by atoms with van der Waals surface area (Å²) < 4.78 is 14.3. The summed E-state index contributed by atoms with van der Waals surface area (Å²) in [7, 11) is 0. The van der Waals surface area contributed by atoms with Crippen molar-refractivity contribution >= 4 is 50.6 Å². The number of aromatic nitrogens is 1. The molecule has 1 aromatic carbocycles. The van der Waals surface area contributed by atoms with Crippen LogP contribution in [0.1, 0.15) is 15.9 Å². The average Bonchev–Trinajstić information content (AvgIpc) is 2.94. The van der Waals surface area contributed by atoms with Crippen molar-refractivity contribution in [3.63, 3.8) is 0 Å². The first kappa shape index (κ1) is 11.9. The molecule has 0 aliphatic carbocycles. The Balaban J connectivity index is 2.14. The van der Waals surface area contributed by atoms with E-state index in [1.54, 1.807) is 12.3 Å². The second-order valence-corrected chi connectivity index (χ2v) is 6.67. The van der Waals surface area contributed by atoms with Crippen molar-refractivity contribution < 1.29 is 9.18 Å². The molecule has 0 bridgehead atoms. The van der Waals surface area contributed by atoms with Gasteiger partial charge in [-0.15, -0.1) is 11.3 Å². The number of hydrogen-bond acceptors (Lipinski definition) is 2. The van der Waals surface area contributed by atoms with Gasteiger partial charge in [0.25, 0.3) is 0 Å². The highest BCUT2D eigenvalue weighted by Crippen LogP contribution is 2.24. The molecule has 0 unspecified atom stereocenters. The Kier molecular flexibility index (Phi) is 2.95. The molecular weight excluding hydrogens is 364 g/mol. The molecule has 18 heavy (non-hydrogen) atoms. The number of aromatic amines is 1. The molecular formula is C13H7FINOS. The number of rotatable bonds is 2. The maximum absolute atomic E-state index is 13.2. The molecule has 0 atom stereocenters. The zero-order chi connectivity index (χ0) is 12.7. The Labute approximate surface area is 120 Å². The standard InChI is InChI=1S/C13H7FINOS/c14-8-1-2-11-9(4-8)10(5-16-11)13(17)7-3-12(15)18-6-7/h1-6,16H. The Morgan fingerprint density at radius 3 is 2.89 bits per heavy atom. The third-order valence-electron chi connectivity index (χ3n) is 2.72. The molecule has 2 aromatic heterocycles. The quantitative estimate of drug-likeness (QED) is 0.532. The summed E-state index contributed by atoms with van der Waals surface area (Å²) in [5.41, 5.74) is 1.93. The summed E-state index contributed by atoms with van der Waals surface area (Å²) in [6.07, 6.45) is 1.64. The van der Waals surface area contributed by atoms with Gasteiger partial charge in [0.2, 0.25) is 0 Å². The number of benzene rings is 1. The molecule has 5 heteroatoms. The number of carbonyl (C=O) groups is 1. The molecule has 0 radical (unpaired) electrons. The molecule has 0 saturated heterocycles. The molecule has 0 aliphatic heterocycles. The van der Waals surface area contributed by atoms with Crippen molar-refractivity contribution in [2.24, 2.45) is 0 Å². The maximum Gasteiger partial charge on any atom is 0.196 e. The van der Waals surface area contributed by atoms with Crippen LogP contribution in [0.25, 0.3) is 10.9 Å². The monoisotopic (exact) mass is 371 g/mol. The van der Waals surface area contributed by atoms with Crippen molar-refractivity contribution in [1.82, 2.24) is 4.98 Å². The molecule has 0 spiro atoms. The zero-order valence-corrected chi connectivity index (χ0v) is 12.0. The summed E-state index contributed by atoms with van der Waals surface area (Å²) in [4.78, 5) is 15.3. The molecule has 1 N–H and O–H groups in total. The third-order valence-corrected chi connectivity index (χ3v) is 4.51. The van der Waals surface area contributed by atoms with Crippen LogP contribution in [0.3, 0.4) is 0 Å². The van der Waals surface area contributed by atoms with Gasteiger partial charge < -0.3 is 4.98 Å². The minimum Gasteiger partial charge on any atom is -0.360 e. The number of H-pyrrole nitrogens is 1. The summed E-state index contributed by atoms with van der Waals surface area (Å²) in [6, 6.07) is 6.24. The fourth-order valence-corrected chi connectivity index (χ4v) is 3.19. The van der Waals surface area contributed by atoms with E-state index in [0.29, 0.717) is 16.5 Å². The third kappa shape index (κ3) is 1.97. The average molecular weight is 371 g/mol. The van der Waals surface area contributed by atoms with Crippen LogP contribution < -0.4 is 0 Å². The summed E-state index contributed by atoms with van der Waals surface area (Å²) in [6.45, 7) is 0. The van der Waals surface area contributed by atoms with Crippen molar-refractivity contribution in [2.45, 2.75) is 0 Å². The van der Waals surface area contributed by atoms with Gasteiger partial charge in [-0.05, 0) is 46.9 Å². The van der Waals surface area contributed by atoms with E-state index in [1.807, 2.05) is 11.4 Å². The molecule has 0 aliphatic rings. The van der Waals surface area contributed by atoms with Crippen LogP contribution in [-0.4, -0.2) is 10.8 Å². The Bertz CT molecular complexity index is 746. The fourth-order valence-electron chi connectivity index (χ4n) is 1.87. The van der Waals surface area contributed by atoms with Crippen LogP contribution in [0.2, 0.25) is 0 Å². The second-order valence-electron chi connectivity index (χ2n) is 3.86. The largest absolute Gasteiger partial charge is 0.360 e. The molecule has 90 valence electrons. The van der Waals surface area contributed by atoms with E-state index < -0.39 is 0 Å². The smallest absolute Gasteiger partial charge is 0.196 e. The Hall–Kier alpha value is -1.21. The summed E-state index contributed by atoms with van der Waals surface area (Å²) >= 11 is 3.69. The molecule has 3 rings (SSSR count). The van der Waals surface area contributed by atoms with Crippen LogP contribution in [0, 0.1) is 8.70 Å². The second kappa shape index (κ2) is 4.47. The lowest BCUT2D eigenvalue weighted by Crippen LogP contribution is -1.98. The number of carbonyl (C=O) groups excluding carboxylic acids is 1. The topological polar surface area (TPSA) is 32.9 Å². The van der Waals surface area contributed by atoms with E-state index in [2.05, 4.69) is 27.6 Å². The normalized spacial score (nSPS) is 11.0. The van der Waals surface area contributed by atoms with Crippen molar-refractivity contribution in [2.75, 3.05) is 0 Å². The van der Waals surface area contributed by atoms with E-state index in [9.17, 15) is 9.18 Å². The molecule has 0 amide bonds. The van der Waals surface area contributed by atoms with E-state index in [4.69, 9.17) is 0 Å². The summed E-state index contributed by atoms with van der Waals surface area (Å²) in [5, 5.41) is 2.45. The first-order valence-electron chi connectivity index (χ1n) is 5.20. The fraction of sp³-hybridized carbons (Fsp3) is 0. The minimum atomic E-state index is -0.337. The predicted molar refractivity (Wildman–Crippen MR) is 78.7 cm³/mol. The van der Waals surface area contributed by atoms with E-state index in [0.717, 1.165) is 8.40 Å². The summed E-state index contributed by atoms with van der Waals surface area (Å²) in [5.74, 6) is -0.415. The first-order valence-corrected chi connectivity index (χ1v) is 7.16. The molecule has 2 nitrogen and oxygen atoms in total. The highest BCUT2D eigenvalue weighted by atomic mass is 127. The van der Waals surface area contributed by atoms with Gasteiger partial charge in [0.05, 0.1) is 2.88 Å². The zero-order valence-electron chi connectivity index (χ0n) is 9.04. The van der Waals surface area contributed by atoms with Crippen LogP contribution in [-0.2, 0) is 0 Å². The number of thiophene rings is 1. The highest BCUT2D eigenvalue weighted by Gasteiger charge is 2.15. The predicted octanol–water partition coefficient (Wildman–Crippen LogP) is 4.20. The lowest BCUT2D eigenvalue weighted by molar-refractivity contribution is 0.104. The SMILES string of the molecule is O=C(c1csc(I)c1)c1c[nH]c2ccc(F)cc12. The van der Waals surface area contributed by atoms with Crippen molar-refractivity contribution in [3.05, 3.63) is 55.7 Å². The first-order chi connectivity index (χ1) is 8.65. The van der Waals surface area contributed by atoms with Crippen LogP contribution in [0.4, 0.5) is 4.39 Å². The number of nitrogens with one attached hydrogen (secondary N) is 1. The maximum atomic E-state index is 13.2. The molecule has 0 saturated carbocycles. The Morgan fingerprint density at radius 1 is 1.33 bits per heavy atom. The number of ketones is 1. The number of hydrogen-bond donors (Lipinski definition) is 1. The van der Waals surface area contributed by atoms with Gasteiger partial charge in [0.15, 0.2) is 5.78 Å². The van der Waals surface area contributed by atoms with Crippen LogP contribution in [0.15, 0.2) is 35.8 Å². The van der Waals surface area contributed by atoms with Gasteiger partial charge in [-0.2, -0.15) is 0 Å². The minimum absolute atomic E-state index is 0.0778. The van der Waals surface area contributed by atoms with Gasteiger partial charge in [-0.25, -0.2) is 4.39 Å². The van der Waals surface area contributed by atoms with Crippen LogP contribution in [0.5, 0.6) is 0 Å². The van der Waals surface area contributed by atoms with Gasteiger partial charge in [0, 0.05) is 33.6 Å². The van der Waals surface area contributed by atoms with E-state index in [1.165, 1.54) is 23.5 Å². The van der Waals surface area contributed by atoms with Gasteiger partial charge in [-0.3, -0.25) is 4.79 Å². The van der Waals surface area contributed by atoms with Gasteiger partial charge in [-0.1, -0.05) is 0 Å². The molecule has 0 fully saturated rings. The number of fused-ring (bicyclic) bond motifs is 1. The molecule has 3 aromatic rings. The lowest BCUT2D eigenvalue weighted by Gasteiger charge is -1.96. The van der Waals surface area contributed by atoms with Crippen molar-refractivity contribution in [1.29, 1.82) is 0 Å². The van der Waals surface area contributed by atoms with E-state index in [-0.39, 0.29) is 11.6 Å². The van der Waals surface area contributed by atoms with Gasteiger partial charge in [0.1, 0.15) is 5.82 Å². The highest BCUT2D eigenvalue weighted by molar-refractivity contribution is 14.1. The van der Waals surface area contributed by atoms with Crippen molar-refractivity contribution in [3.8, 4) is 0 Å². The van der Waals surface area contributed by atoms with Crippen LogP contribution >= 0.6 is 33.9 Å². The molecule has 2 heterocycles. The number of halogens is 2. The lowest BCUT2D eigenvalue weighted by atomic mass is 10.1. The van der Waals surface area contributed by atoms with E-state index >= 15 is 0 Å².